The number of hydrogen-bond donors (Lipinski definition) is 0. The van der Waals surface area contributed by atoms with E-state index in [9.17, 15) is 0 Å². The molecule has 0 aliphatic carbocycles. The van der Waals surface area contributed by atoms with Crippen molar-refractivity contribution in [1.82, 2.24) is 29.5 Å². The summed E-state index contributed by atoms with van der Waals surface area (Å²) < 4.78 is 2.09. The second-order valence-electron chi connectivity index (χ2n) is 6.46. The summed E-state index contributed by atoms with van der Waals surface area (Å²) in [7, 11) is 2.03. The van der Waals surface area contributed by atoms with Gasteiger partial charge in [-0.15, -0.1) is 11.3 Å². The van der Waals surface area contributed by atoms with Gasteiger partial charge in [0.05, 0.1) is 21.8 Å². The summed E-state index contributed by atoms with van der Waals surface area (Å²) in [6.45, 7) is 2.02. The van der Waals surface area contributed by atoms with Gasteiger partial charge in [0.25, 0.3) is 0 Å². The quantitative estimate of drug-likeness (QED) is 0.457. The Labute approximate surface area is 165 Å². The molecule has 28 heavy (non-hydrogen) atoms. The summed E-state index contributed by atoms with van der Waals surface area (Å²) >= 11 is 1.63. The van der Waals surface area contributed by atoms with Crippen molar-refractivity contribution in [1.29, 1.82) is 0 Å². The van der Waals surface area contributed by atoms with Crippen molar-refractivity contribution in [2.75, 3.05) is 0 Å². The van der Waals surface area contributed by atoms with Crippen LogP contribution in [0.5, 0.6) is 0 Å². The average molecular weight is 384 g/mol. The Bertz CT molecular complexity index is 1270. The van der Waals surface area contributed by atoms with Crippen LogP contribution in [0.15, 0.2) is 61.3 Å². The summed E-state index contributed by atoms with van der Waals surface area (Å²) in [5, 5.41) is 2.03. The van der Waals surface area contributed by atoms with Crippen molar-refractivity contribution in [2.24, 2.45) is 7.05 Å². The summed E-state index contributed by atoms with van der Waals surface area (Å²) in [6, 6.07) is 9.88. The molecule has 0 amide bonds. The van der Waals surface area contributed by atoms with E-state index in [2.05, 4.69) is 25.6 Å². The second-order valence-corrected chi connectivity index (χ2v) is 7.46. The van der Waals surface area contributed by atoms with Crippen molar-refractivity contribution in [3.63, 3.8) is 0 Å². The average Bonchev–Trinajstić information content (AvgIpc) is 3.32. The third kappa shape index (κ3) is 2.76. The molecule has 0 N–H and O–H groups in total. The van der Waals surface area contributed by atoms with E-state index in [0.29, 0.717) is 5.82 Å². The summed E-state index contributed by atoms with van der Waals surface area (Å²) in [5.74, 6) is 0.613. The van der Waals surface area contributed by atoms with Crippen LogP contribution in [0.25, 0.3) is 43.6 Å². The molecule has 0 bridgehead atoms. The highest BCUT2D eigenvalue weighted by atomic mass is 32.1. The number of aryl methyl sites for hydroxylation is 2. The van der Waals surface area contributed by atoms with Crippen LogP contribution in [0.2, 0.25) is 0 Å². The molecule has 5 aromatic rings. The topological polar surface area (TPSA) is 69.4 Å². The zero-order valence-corrected chi connectivity index (χ0v) is 16.2. The van der Waals surface area contributed by atoms with Crippen molar-refractivity contribution >= 4 is 22.2 Å². The van der Waals surface area contributed by atoms with Gasteiger partial charge in [-0.2, -0.15) is 0 Å². The Morgan fingerprint density at radius 3 is 2.64 bits per heavy atom. The fraction of sp³-hybridized carbons (Fsp3) is 0.0952. The number of hydrogen-bond acceptors (Lipinski definition) is 6. The Kier molecular flexibility index (Phi) is 3.95. The Morgan fingerprint density at radius 1 is 1.00 bits per heavy atom. The van der Waals surface area contributed by atoms with Gasteiger partial charge in [-0.1, -0.05) is 0 Å². The van der Waals surface area contributed by atoms with Crippen LogP contribution in [-0.2, 0) is 7.05 Å². The molecule has 0 fully saturated rings. The van der Waals surface area contributed by atoms with E-state index < -0.39 is 0 Å². The molecular weight excluding hydrogens is 368 g/mol. The van der Waals surface area contributed by atoms with Crippen LogP contribution < -0.4 is 0 Å². The highest BCUT2D eigenvalue weighted by Gasteiger charge is 2.18. The Balaban J connectivity index is 1.74. The molecule has 0 aliphatic rings. The van der Waals surface area contributed by atoms with Crippen molar-refractivity contribution < 1.29 is 0 Å². The molecule has 0 atom stereocenters. The van der Waals surface area contributed by atoms with Gasteiger partial charge in [0.15, 0.2) is 5.82 Å². The van der Waals surface area contributed by atoms with E-state index in [1.807, 2.05) is 44.6 Å². The van der Waals surface area contributed by atoms with Gasteiger partial charge < -0.3 is 4.57 Å². The first-order chi connectivity index (χ1) is 13.7. The third-order valence-corrected chi connectivity index (χ3v) is 5.81. The SMILES string of the molecule is Cc1nc(-c2cccnc2)sc1-c1nc(-c2ncccn2)cc2c1ccn2C. The van der Waals surface area contributed by atoms with Crippen molar-refractivity contribution in [3.05, 3.63) is 67.0 Å². The Hall–Kier alpha value is -3.45. The maximum atomic E-state index is 4.94. The second kappa shape index (κ2) is 6.61. The lowest BCUT2D eigenvalue weighted by molar-refractivity contribution is 0.968. The van der Waals surface area contributed by atoms with Crippen LogP contribution >= 0.6 is 11.3 Å². The van der Waals surface area contributed by atoms with Crippen molar-refractivity contribution in [2.45, 2.75) is 6.92 Å². The summed E-state index contributed by atoms with van der Waals surface area (Å²) in [4.78, 5) is 23.7. The number of thiazole rings is 1. The van der Waals surface area contributed by atoms with Gasteiger partial charge in [-0.25, -0.2) is 19.9 Å². The minimum atomic E-state index is 0.613. The van der Waals surface area contributed by atoms with E-state index in [-0.39, 0.29) is 0 Å². The first-order valence-corrected chi connectivity index (χ1v) is 9.64. The molecule has 5 aromatic heterocycles. The standard InChI is InChI=1S/C21H16N6S/c1-13-19(28-21(25-13)14-5-3-7-22-12-14)18-15-6-10-27(2)17(15)11-16(26-18)20-23-8-4-9-24-20/h3-12H,1-2H3. The van der Waals surface area contributed by atoms with Gasteiger partial charge in [-0.3, -0.25) is 4.98 Å². The molecular formula is C21H16N6S. The molecule has 0 aliphatic heterocycles. The van der Waals surface area contributed by atoms with Gasteiger partial charge >= 0.3 is 0 Å². The normalized spacial score (nSPS) is 11.2. The van der Waals surface area contributed by atoms with Crippen LogP contribution in [0.4, 0.5) is 0 Å². The zero-order chi connectivity index (χ0) is 19.1. The lowest BCUT2D eigenvalue weighted by Crippen LogP contribution is -1.95. The van der Waals surface area contributed by atoms with E-state index in [0.717, 1.165) is 43.4 Å². The van der Waals surface area contributed by atoms with Crippen LogP contribution in [0.3, 0.4) is 0 Å². The molecule has 0 unspecified atom stereocenters. The van der Waals surface area contributed by atoms with E-state index in [1.54, 1.807) is 36.0 Å². The Morgan fingerprint density at radius 2 is 1.86 bits per heavy atom. The molecule has 136 valence electrons. The molecule has 5 heterocycles. The third-order valence-electron chi connectivity index (χ3n) is 4.60. The van der Waals surface area contributed by atoms with Gasteiger partial charge in [0, 0.05) is 49.0 Å². The molecule has 0 spiro atoms. The summed E-state index contributed by atoms with van der Waals surface area (Å²) in [5.41, 5.74) is 4.70. The first kappa shape index (κ1) is 16.7. The number of rotatable bonds is 3. The fourth-order valence-corrected chi connectivity index (χ4v) is 4.27. The zero-order valence-electron chi connectivity index (χ0n) is 15.4. The lowest BCUT2D eigenvalue weighted by Gasteiger charge is -2.07. The fourth-order valence-electron chi connectivity index (χ4n) is 3.21. The van der Waals surface area contributed by atoms with Gasteiger partial charge in [-0.05, 0) is 37.3 Å². The number of nitrogens with zero attached hydrogens (tertiary/aromatic N) is 6. The molecule has 0 radical (unpaired) electrons. The first-order valence-electron chi connectivity index (χ1n) is 8.82. The highest BCUT2D eigenvalue weighted by Crippen LogP contribution is 2.38. The maximum Gasteiger partial charge on any atom is 0.178 e. The van der Waals surface area contributed by atoms with E-state index >= 15 is 0 Å². The molecule has 0 saturated heterocycles. The molecule has 6 nitrogen and oxygen atoms in total. The number of aromatic nitrogens is 6. The predicted octanol–water partition coefficient (Wildman–Crippen LogP) is 4.52. The molecule has 0 saturated carbocycles. The lowest BCUT2D eigenvalue weighted by atomic mass is 10.1. The van der Waals surface area contributed by atoms with E-state index in [1.165, 1.54) is 0 Å². The monoisotopic (exact) mass is 384 g/mol. The smallest absolute Gasteiger partial charge is 0.178 e. The van der Waals surface area contributed by atoms with Crippen LogP contribution in [-0.4, -0.2) is 29.5 Å². The molecule has 7 heteroatoms. The maximum absolute atomic E-state index is 4.94. The minimum absolute atomic E-state index is 0.613. The molecule has 5 rings (SSSR count). The van der Waals surface area contributed by atoms with Crippen molar-refractivity contribution in [3.8, 4) is 32.7 Å². The van der Waals surface area contributed by atoms with E-state index in [4.69, 9.17) is 9.97 Å². The molecule has 0 aromatic carbocycles. The number of fused-ring (bicyclic) bond motifs is 1. The summed E-state index contributed by atoms with van der Waals surface area (Å²) in [6.07, 6.45) is 9.11. The van der Waals surface area contributed by atoms with Gasteiger partial charge in [0.1, 0.15) is 10.7 Å². The number of pyridine rings is 2. The largest absolute Gasteiger partial charge is 0.350 e. The highest BCUT2D eigenvalue weighted by molar-refractivity contribution is 7.18. The van der Waals surface area contributed by atoms with Crippen LogP contribution in [0, 0.1) is 6.92 Å². The predicted molar refractivity (Wildman–Crippen MR) is 111 cm³/mol. The minimum Gasteiger partial charge on any atom is -0.350 e. The van der Waals surface area contributed by atoms with Crippen LogP contribution in [0.1, 0.15) is 5.69 Å². The van der Waals surface area contributed by atoms with Gasteiger partial charge in [0.2, 0.25) is 0 Å².